The van der Waals surface area contributed by atoms with Crippen molar-refractivity contribution in [2.75, 3.05) is 6.54 Å². The van der Waals surface area contributed by atoms with Gasteiger partial charge in [-0.25, -0.2) is 4.79 Å². The van der Waals surface area contributed by atoms with E-state index in [1.807, 2.05) is 32.0 Å². The molecule has 0 aliphatic rings. The number of hydrogen-bond acceptors (Lipinski definition) is 2. The average Bonchev–Trinajstić information content (AvgIpc) is 2.38. The first-order valence-electron chi connectivity index (χ1n) is 6.60. The Hall–Kier alpha value is -1.84. The first-order valence-corrected chi connectivity index (χ1v) is 6.60. The maximum Gasteiger partial charge on any atom is 0.331 e. The Balaban J connectivity index is 3.26. The van der Waals surface area contributed by atoms with Crippen LogP contribution in [0.25, 0.3) is 0 Å². The topological polar surface area (TPSA) is 57.6 Å². The predicted molar refractivity (Wildman–Crippen MR) is 73.9 cm³/mol. The van der Waals surface area contributed by atoms with Gasteiger partial charge >= 0.3 is 5.97 Å². The summed E-state index contributed by atoms with van der Waals surface area (Å²) in [6, 6.07) is 6.51. The van der Waals surface area contributed by atoms with Crippen molar-refractivity contribution in [2.24, 2.45) is 0 Å². The second kappa shape index (κ2) is 6.92. The molecule has 0 spiro atoms. The summed E-state index contributed by atoms with van der Waals surface area (Å²) in [4.78, 5) is 24.7. The molecule has 0 aromatic heterocycles. The summed E-state index contributed by atoms with van der Waals surface area (Å²) in [5.74, 6) is -1.19. The minimum Gasteiger partial charge on any atom is -0.479 e. The maximum atomic E-state index is 11.7. The van der Waals surface area contributed by atoms with Crippen LogP contribution in [0.15, 0.2) is 24.3 Å². The van der Waals surface area contributed by atoms with Crippen LogP contribution in [0.1, 0.15) is 44.4 Å². The van der Waals surface area contributed by atoms with Gasteiger partial charge in [-0.05, 0) is 24.0 Å². The second-order valence-electron chi connectivity index (χ2n) is 4.51. The number of carboxylic acid groups (broad SMARTS) is 1. The van der Waals surface area contributed by atoms with Crippen molar-refractivity contribution in [3.05, 3.63) is 35.4 Å². The number of carboxylic acids is 1. The standard InChI is InChI=1S/C15H21NO3/c1-4-10-16(11(3)17)14(15(18)19)13-9-7-6-8-12(13)5-2/h6-9,14H,4-5,10H2,1-3H3,(H,18,19). The van der Waals surface area contributed by atoms with Crippen LogP contribution in [-0.4, -0.2) is 28.4 Å². The minimum absolute atomic E-state index is 0.208. The second-order valence-corrected chi connectivity index (χ2v) is 4.51. The zero-order valence-electron chi connectivity index (χ0n) is 11.7. The fraction of sp³-hybridized carbons (Fsp3) is 0.467. The molecule has 0 saturated carbocycles. The van der Waals surface area contributed by atoms with Gasteiger partial charge in [-0.2, -0.15) is 0 Å². The van der Waals surface area contributed by atoms with Gasteiger partial charge in [0, 0.05) is 13.5 Å². The lowest BCUT2D eigenvalue weighted by molar-refractivity contribution is -0.149. The van der Waals surface area contributed by atoms with Gasteiger partial charge in [-0.3, -0.25) is 4.79 Å². The molecule has 19 heavy (non-hydrogen) atoms. The Morgan fingerprint density at radius 1 is 1.26 bits per heavy atom. The number of carbonyl (C=O) groups is 2. The molecule has 1 aromatic carbocycles. The van der Waals surface area contributed by atoms with E-state index in [-0.39, 0.29) is 5.91 Å². The molecule has 1 unspecified atom stereocenters. The fourth-order valence-corrected chi connectivity index (χ4v) is 2.27. The molecule has 0 aliphatic carbocycles. The van der Waals surface area contributed by atoms with Crippen molar-refractivity contribution in [3.8, 4) is 0 Å². The normalized spacial score (nSPS) is 11.9. The van der Waals surface area contributed by atoms with Crippen LogP contribution in [0.2, 0.25) is 0 Å². The SMILES string of the molecule is CCCN(C(C)=O)C(C(=O)O)c1ccccc1CC. The molecular weight excluding hydrogens is 242 g/mol. The van der Waals surface area contributed by atoms with Crippen molar-refractivity contribution in [2.45, 2.75) is 39.7 Å². The summed E-state index contributed by atoms with van der Waals surface area (Å²) in [5.41, 5.74) is 1.68. The number of amides is 1. The van der Waals surface area contributed by atoms with Crippen LogP contribution in [0.4, 0.5) is 0 Å². The lowest BCUT2D eigenvalue weighted by Crippen LogP contribution is -2.38. The number of aryl methyl sites for hydroxylation is 1. The molecule has 1 aromatic rings. The van der Waals surface area contributed by atoms with Crippen LogP contribution >= 0.6 is 0 Å². The highest BCUT2D eigenvalue weighted by Gasteiger charge is 2.30. The first-order chi connectivity index (χ1) is 9.02. The van der Waals surface area contributed by atoms with Gasteiger partial charge in [0.25, 0.3) is 0 Å². The lowest BCUT2D eigenvalue weighted by atomic mass is 9.97. The van der Waals surface area contributed by atoms with Gasteiger partial charge in [0.1, 0.15) is 0 Å². The van der Waals surface area contributed by atoms with Crippen molar-refractivity contribution in [1.82, 2.24) is 4.90 Å². The molecule has 0 radical (unpaired) electrons. The Kier molecular flexibility index (Phi) is 5.55. The largest absolute Gasteiger partial charge is 0.479 e. The molecule has 0 aliphatic heterocycles. The third-order valence-electron chi connectivity index (χ3n) is 3.15. The number of hydrogen-bond donors (Lipinski definition) is 1. The highest BCUT2D eigenvalue weighted by atomic mass is 16.4. The molecule has 1 amide bonds. The van der Waals surface area contributed by atoms with Gasteiger partial charge in [0.2, 0.25) is 5.91 Å². The minimum atomic E-state index is -0.982. The summed E-state index contributed by atoms with van der Waals surface area (Å²) in [6.07, 6.45) is 1.48. The number of nitrogens with zero attached hydrogens (tertiary/aromatic N) is 1. The fourth-order valence-electron chi connectivity index (χ4n) is 2.27. The van der Waals surface area contributed by atoms with E-state index in [0.29, 0.717) is 12.1 Å². The Morgan fingerprint density at radius 2 is 1.89 bits per heavy atom. The third-order valence-corrected chi connectivity index (χ3v) is 3.15. The smallest absolute Gasteiger partial charge is 0.331 e. The van der Waals surface area contributed by atoms with Crippen molar-refractivity contribution in [1.29, 1.82) is 0 Å². The summed E-state index contributed by atoms with van der Waals surface area (Å²) < 4.78 is 0. The maximum absolute atomic E-state index is 11.7. The Bertz CT molecular complexity index is 456. The van der Waals surface area contributed by atoms with E-state index in [1.165, 1.54) is 11.8 Å². The van der Waals surface area contributed by atoms with Gasteiger partial charge in [-0.1, -0.05) is 38.1 Å². The van der Waals surface area contributed by atoms with Gasteiger partial charge in [0.05, 0.1) is 0 Å². The lowest BCUT2D eigenvalue weighted by Gasteiger charge is -2.29. The molecule has 0 fully saturated rings. The Morgan fingerprint density at radius 3 is 2.37 bits per heavy atom. The van der Waals surface area contributed by atoms with Crippen LogP contribution in [0.5, 0.6) is 0 Å². The quantitative estimate of drug-likeness (QED) is 0.858. The van der Waals surface area contributed by atoms with Crippen LogP contribution < -0.4 is 0 Å². The van der Waals surface area contributed by atoms with Crippen LogP contribution in [-0.2, 0) is 16.0 Å². The third kappa shape index (κ3) is 3.56. The predicted octanol–water partition coefficient (Wildman–Crippen LogP) is 2.63. The van der Waals surface area contributed by atoms with Gasteiger partial charge in [0.15, 0.2) is 6.04 Å². The first kappa shape index (κ1) is 15.2. The van der Waals surface area contributed by atoms with E-state index in [2.05, 4.69) is 0 Å². The molecular formula is C15H21NO3. The summed E-state index contributed by atoms with van der Waals surface area (Å²) in [7, 11) is 0. The molecule has 1 atom stereocenters. The molecule has 0 bridgehead atoms. The van der Waals surface area contributed by atoms with Crippen molar-refractivity contribution in [3.63, 3.8) is 0 Å². The molecule has 0 saturated heterocycles. The molecule has 4 nitrogen and oxygen atoms in total. The summed E-state index contributed by atoms with van der Waals surface area (Å²) in [6.45, 7) is 5.78. The highest BCUT2D eigenvalue weighted by molar-refractivity contribution is 5.83. The number of carbonyl (C=O) groups excluding carboxylic acids is 1. The molecule has 0 heterocycles. The van der Waals surface area contributed by atoms with Crippen LogP contribution in [0.3, 0.4) is 0 Å². The van der Waals surface area contributed by atoms with E-state index >= 15 is 0 Å². The van der Waals surface area contributed by atoms with E-state index in [1.54, 1.807) is 6.07 Å². The zero-order chi connectivity index (χ0) is 14.4. The number of aliphatic carboxylic acids is 1. The molecule has 104 valence electrons. The summed E-state index contributed by atoms with van der Waals surface area (Å²) in [5, 5.41) is 9.50. The Labute approximate surface area is 114 Å². The number of benzene rings is 1. The van der Waals surface area contributed by atoms with E-state index in [4.69, 9.17) is 0 Å². The highest BCUT2D eigenvalue weighted by Crippen LogP contribution is 2.25. The van der Waals surface area contributed by atoms with E-state index in [0.717, 1.165) is 18.4 Å². The summed E-state index contributed by atoms with van der Waals surface area (Å²) >= 11 is 0. The zero-order valence-corrected chi connectivity index (χ0v) is 11.7. The molecule has 1 rings (SSSR count). The van der Waals surface area contributed by atoms with Gasteiger partial charge in [-0.15, -0.1) is 0 Å². The molecule has 1 N–H and O–H groups in total. The average molecular weight is 263 g/mol. The van der Waals surface area contributed by atoms with Crippen molar-refractivity contribution >= 4 is 11.9 Å². The van der Waals surface area contributed by atoms with E-state index < -0.39 is 12.0 Å². The van der Waals surface area contributed by atoms with E-state index in [9.17, 15) is 14.7 Å². The monoisotopic (exact) mass is 263 g/mol. The van der Waals surface area contributed by atoms with Crippen molar-refractivity contribution < 1.29 is 14.7 Å². The van der Waals surface area contributed by atoms with Crippen LogP contribution in [0, 0.1) is 0 Å². The van der Waals surface area contributed by atoms with Gasteiger partial charge < -0.3 is 10.0 Å². The number of rotatable bonds is 6. The molecule has 4 heteroatoms.